The molecule has 0 N–H and O–H groups in total. The number of ether oxygens (including phenoxy) is 1. The van der Waals surface area contributed by atoms with Gasteiger partial charge in [0.05, 0.1) is 25.3 Å². The van der Waals surface area contributed by atoms with Crippen LogP contribution in [-0.2, 0) is 17.0 Å². The molecule has 0 radical (unpaired) electrons. The van der Waals surface area contributed by atoms with Crippen LogP contribution in [0.25, 0.3) is 10.9 Å². The lowest BCUT2D eigenvalue weighted by atomic mass is 10.2. The highest BCUT2D eigenvalue weighted by molar-refractivity contribution is 7.98. The fourth-order valence-corrected chi connectivity index (χ4v) is 4.32. The Kier molecular flexibility index (Phi) is 5.70. The van der Waals surface area contributed by atoms with Gasteiger partial charge in [-0.05, 0) is 17.7 Å². The van der Waals surface area contributed by atoms with E-state index in [1.54, 1.807) is 11.8 Å². The molecule has 134 valence electrons. The zero-order valence-corrected chi connectivity index (χ0v) is 16.0. The number of thioether (sulfide) groups is 1. The summed E-state index contributed by atoms with van der Waals surface area (Å²) in [5.74, 6) is 1.66. The Morgan fingerprint density at radius 1 is 1.00 bits per heavy atom. The summed E-state index contributed by atoms with van der Waals surface area (Å²) >= 11 is 8.02. The maximum atomic E-state index is 6.30. The molecule has 1 fully saturated rings. The minimum Gasteiger partial charge on any atom is -0.379 e. The number of nitrogens with zero attached hydrogens (tertiary/aromatic N) is 3. The van der Waals surface area contributed by atoms with Crippen LogP contribution in [0.5, 0.6) is 0 Å². The zero-order chi connectivity index (χ0) is 17.8. The van der Waals surface area contributed by atoms with Crippen molar-refractivity contribution >= 4 is 34.3 Å². The van der Waals surface area contributed by atoms with Crippen LogP contribution in [-0.4, -0.2) is 41.2 Å². The normalized spacial score (nSPS) is 15.4. The van der Waals surface area contributed by atoms with Gasteiger partial charge in [-0.3, -0.25) is 4.90 Å². The molecule has 0 aliphatic carbocycles. The van der Waals surface area contributed by atoms with E-state index in [2.05, 4.69) is 23.1 Å². The topological polar surface area (TPSA) is 38.2 Å². The second-order valence-corrected chi connectivity index (χ2v) is 7.60. The van der Waals surface area contributed by atoms with Gasteiger partial charge in [0.25, 0.3) is 0 Å². The van der Waals surface area contributed by atoms with Crippen molar-refractivity contribution in [1.82, 2.24) is 14.9 Å². The molecule has 3 aromatic rings. The number of halogens is 1. The molecule has 1 aliphatic heterocycles. The molecule has 4 rings (SSSR count). The molecule has 0 spiro atoms. The molecule has 0 atom stereocenters. The third kappa shape index (κ3) is 4.18. The van der Waals surface area contributed by atoms with Crippen LogP contribution in [0.15, 0.2) is 53.6 Å². The van der Waals surface area contributed by atoms with E-state index < -0.39 is 0 Å². The van der Waals surface area contributed by atoms with Gasteiger partial charge < -0.3 is 4.74 Å². The maximum absolute atomic E-state index is 6.30. The predicted molar refractivity (Wildman–Crippen MR) is 107 cm³/mol. The monoisotopic (exact) mass is 385 g/mol. The molecular formula is C20H20ClN3OS. The van der Waals surface area contributed by atoms with Crippen molar-refractivity contribution in [3.05, 3.63) is 64.9 Å². The van der Waals surface area contributed by atoms with Crippen molar-refractivity contribution in [2.24, 2.45) is 0 Å². The number of benzene rings is 2. The third-order valence-electron chi connectivity index (χ3n) is 4.41. The fraction of sp³-hybridized carbons (Fsp3) is 0.300. The zero-order valence-electron chi connectivity index (χ0n) is 14.4. The SMILES string of the molecule is Clc1ccccc1CSc1nc(CN2CCOCC2)nc2ccccc12. The van der Waals surface area contributed by atoms with Gasteiger partial charge in [-0.15, -0.1) is 11.8 Å². The van der Waals surface area contributed by atoms with Gasteiger partial charge in [0.1, 0.15) is 10.9 Å². The molecule has 1 aliphatic rings. The summed E-state index contributed by atoms with van der Waals surface area (Å²) in [6.45, 7) is 4.17. The van der Waals surface area contributed by atoms with Gasteiger partial charge >= 0.3 is 0 Å². The smallest absolute Gasteiger partial charge is 0.144 e. The first-order chi connectivity index (χ1) is 12.8. The number of fused-ring (bicyclic) bond motifs is 1. The lowest BCUT2D eigenvalue weighted by Crippen LogP contribution is -2.36. The third-order valence-corrected chi connectivity index (χ3v) is 5.81. The Labute approximate surface area is 162 Å². The molecule has 2 aromatic carbocycles. The van der Waals surface area contributed by atoms with Crippen LogP contribution in [0, 0.1) is 0 Å². The highest BCUT2D eigenvalue weighted by Crippen LogP contribution is 2.30. The first-order valence-corrected chi connectivity index (χ1v) is 10.1. The standard InChI is InChI=1S/C20H20ClN3OS/c21-17-7-3-1-5-15(17)14-26-20-16-6-2-4-8-18(16)22-19(23-20)13-24-9-11-25-12-10-24/h1-8H,9-14H2. The fourth-order valence-electron chi connectivity index (χ4n) is 3.00. The lowest BCUT2D eigenvalue weighted by Gasteiger charge is -2.25. The molecule has 6 heteroatoms. The average Bonchev–Trinajstić information content (AvgIpc) is 2.68. The quantitative estimate of drug-likeness (QED) is 0.480. The second-order valence-electron chi connectivity index (χ2n) is 6.23. The minimum absolute atomic E-state index is 0.758. The van der Waals surface area contributed by atoms with Crippen molar-refractivity contribution in [3.8, 4) is 0 Å². The molecule has 0 saturated carbocycles. The molecular weight excluding hydrogens is 366 g/mol. The van der Waals surface area contributed by atoms with E-state index in [9.17, 15) is 0 Å². The van der Waals surface area contributed by atoms with E-state index in [0.29, 0.717) is 0 Å². The van der Waals surface area contributed by atoms with E-state index in [1.807, 2.05) is 30.3 Å². The molecule has 0 amide bonds. The molecule has 4 nitrogen and oxygen atoms in total. The minimum atomic E-state index is 0.758. The Balaban J connectivity index is 1.60. The van der Waals surface area contributed by atoms with Crippen LogP contribution >= 0.6 is 23.4 Å². The summed E-state index contributed by atoms with van der Waals surface area (Å²) in [7, 11) is 0. The maximum Gasteiger partial charge on any atom is 0.144 e. The van der Waals surface area contributed by atoms with E-state index in [0.717, 1.165) is 70.9 Å². The van der Waals surface area contributed by atoms with Gasteiger partial charge in [-0.2, -0.15) is 0 Å². The van der Waals surface area contributed by atoms with Crippen molar-refractivity contribution in [2.75, 3.05) is 26.3 Å². The summed E-state index contributed by atoms with van der Waals surface area (Å²) in [5, 5.41) is 2.90. The van der Waals surface area contributed by atoms with Gasteiger partial charge in [0, 0.05) is 29.3 Å². The van der Waals surface area contributed by atoms with E-state index in [1.165, 1.54) is 0 Å². The average molecular weight is 386 g/mol. The van der Waals surface area contributed by atoms with Crippen molar-refractivity contribution in [1.29, 1.82) is 0 Å². The molecule has 1 saturated heterocycles. The van der Waals surface area contributed by atoms with Crippen LogP contribution in [0.2, 0.25) is 5.02 Å². The molecule has 0 bridgehead atoms. The van der Waals surface area contributed by atoms with Crippen LogP contribution < -0.4 is 0 Å². The molecule has 1 aromatic heterocycles. The van der Waals surface area contributed by atoms with E-state index in [-0.39, 0.29) is 0 Å². The molecule has 2 heterocycles. The first kappa shape index (κ1) is 17.7. The molecule has 0 unspecified atom stereocenters. The number of rotatable bonds is 5. The number of hydrogen-bond donors (Lipinski definition) is 0. The Hall–Kier alpha value is -1.66. The van der Waals surface area contributed by atoms with Crippen LogP contribution in [0.1, 0.15) is 11.4 Å². The van der Waals surface area contributed by atoms with Gasteiger partial charge in [-0.1, -0.05) is 48.0 Å². The summed E-state index contributed by atoms with van der Waals surface area (Å²) < 4.78 is 5.43. The first-order valence-electron chi connectivity index (χ1n) is 8.71. The van der Waals surface area contributed by atoms with E-state index in [4.69, 9.17) is 26.3 Å². The second kappa shape index (κ2) is 8.35. The summed E-state index contributed by atoms with van der Waals surface area (Å²) in [6.07, 6.45) is 0. The Morgan fingerprint density at radius 2 is 1.77 bits per heavy atom. The summed E-state index contributed by atoms with van der Waals surface area (Å²) in [6, 6.07) is 16.2. The Morgan fingerprint density at radius 3 is 2.62 bits per heavy atom. The predicted octanol–water partition coefficient (Wildman–Crippen LogP) is 4.41. The number of aromatic nitrogens is 2. The summed E-state index contributed by atoms with van der Waals surface area (Å²) in [4.78, 5) is 12.0. The van der Waals surface area contributed by atoms with Crippen LogP contribution in [0.4, 0.5) is 0 Å². The lowest BCUT2D eigenvalue weighted by molar-refractivity contribution is 0.0330. The Bertz CT molecular complexity index is 899. The largest absolute Gasteiger partial charge is 0.379 e. The van der Waals surface area contributed by atoms with Crippen molar-refractivity contribution in [2.45, 2.75) is 17.3 Å². The van der Waals surface area contributed by atoms with Gasteiger partial charge in [0.2, 0.25) is 0 Å². The summed E-state index contributed by atoms with van der Waals surface area (Å²) in [5.41, 5.74) is 2.11. The van der Waals surface area contributed by atoms with Gasteiger partial charge in [-0.25, -0.2) is 9.97 Å². The van der Waals surface area contributed by atoms with Crippen LogP contribution in [0.3, 0.4) is 0 Å². The van der Waals surface area contributed by atoms with Gasteiger partial charge in [0.15, 0.2) is 0 Å². The number of para-hydroxylation sites is 1. The highest BCUT2D eigenvalue weighted by Gasteiger charge is 2.15. The van der Waals surface area contributed by atoms with E-state index >= 15 is 0 Å². The highest BCUT2D eigenvalue weighted by atomic mass is 35.5. The molecule has 26 heavy (non-hydrogen) atoms. The number of hydrogen-bond acceptors (Lipinski definition) is 5. The number of morpholine rings is 1. The van der Waals surface area contributed by atoms with Crippen molar-refractivity contribution < 1.29 is 4.74 Å². The van der Waals surface area contributed by atoms with Crippen molar-refractivity contribution in [3.63, 3.8) is 0 Å².